The molecule has 0 saturated heterocycles. The van der Waals surface area contributed by atoms with E-state index in [-0.39, 0.29) is 6.54 Å². The van der Waals surface area contributed by atoms with Crippen LogP contribution in [0.2, 0.25) is 0 Å². The lowest BCUT2D eigenvalue weighted by molar-refractivity contribution is -0.137. The molecule has 0 radical (unpaired) electrons. The van der Waals surface area contributed by atoms with E-state index >= 15 is 0 Å². The Bertz CT molecular complexity index is 1360. The van der Waals surface area contributed by atoms with E-state index in [2.05, 4.69) is 31.4 Å². The molecule has 186 valence electrons. The predicted octanol–water partition coefficient (Wildman–Crippen LogP) is 6.28. The Morgan fingerprint density at radius 1 is 1.03 bits per heavy atom. The fourth-order valence-corrected chi connectivity index (χ4v) is 4.66. The van der Waals surface area contributed by atoms with Crippen LogP contribution in [0.4, 0.5) is 13.2 Å². The van der Waals surface area contributed by atoms with Crippen molar-refractivity contribution in [2.45, 2.75) is 23.6 Å². The maximum Gasteiger partial charge on any atom is 0.417 e. The normalized spacial score (nSPS) is 11.4. The number of benzene rings is 3. The van der Waals surface area contributed by atoms with E-state index in [0.717, 1.165) is 22.2 Å². The summed E-state index contributed by atoms with van der Waals surface area (Å²) in [5.41, 5.74) is 0.247. The number of hydrogen-bond acceptors (Lipinski definition) is 5. The zero-order valence-corrected chi connectivity index (χ0v) is 21.3. The van der Waals surface area contributed by atoms with Gasteiger partial charge in [0.2, 0.25) is 0 Å². The number of alkyl halides is 3. The summed E-state index contributed by atoms with van der Waals surface area (Å²) in [6, 6.07) is 19.7. The summed E-state index contributed by atoms with van der Waals surface area (Å²) in [6.45, 7) is -0.144. The van der Waals surface area contributed by atoms with Gasteiger partial charge in [0.1, 0.15) is 5.75 Å². The molecule has 6 nitrogen and oxygen atoms in total. The SMILES string of the molecule is COc1ccccc1-n1c(CNC(=O)c2ccccc2C(F)(F)F)nnc1SCc1ccc(Br)cc1. The highest BCUT2D eigenvalue weighted by Crippen LogP contribution is 2.32. The molecule has 3 aromatic carbocycles. The monoisotopic (exact) mass is 576 g/mol. The van der Waals surface area contributed by atoms with Crippen LogP contribution < -0.4 is 10.1 Å². The van der Waals surface area contributed by atoms with Gasteiger partial charge in [0.25, 0.3) is 5.91 Å². The van der Waals surface area contributed by atoms with Gasteiger partial charge in [-0.1, -0.05) is 64.1 Å². The van der Waals surface area contributed by atoms with Crippen molar-refractivity contribution in [3.8, 4) is 11.4 Å². The number of methoxy groups -OCH3 is 1. The number of ether oxygens (including phenoxy) is 1. The predicted molar refractivity (Wildman–Crippen MR) is 134 cm³/mol. The van der Waals surface area contributed by atoms with Crippen LogP contribution in [-0.2, 0) is 18.5 Å². The van der Waals surface area contributed by atoms with Crippen molar-refractivity contribution in [3.63, 3.8) is 0 Å². The van der Waals surface area contributed by atoms with Crippen LogP contribution in [0, 0.1) is 0 Å². The van der Waals surface area contributed by atoms with Crippen LogP contribution in [0.15, 0.2) is 82.4 Å². The topological polar surface area (TPSA) is 69.0 Å². The number of amides is 1. The molecule has 0 bridgehead atoms. The number of para-hydroxylation sites is 2. The van der Waals surface area contributed by atoms with Gasteiger partial charge in [-0.3, -0.25) is 9.36 Å². The molecular weight excluding hydrogens is 557 g/mol. The molecule has 0 atom stereocenters. The molecule has 0 unspecified atom stereocenters. The summed E-state index contributed by atoms with van der Waals surface area (Å²) in [4.78, 5) is 12.7. The largest absolute Gasteiger partial charge is 0.495 e. The van der Waals surface area contributed by atoms with Crippen LogP contribution >= 0.6 is 27.7 Å². The fraction of sp³-hybridized carbons (Fsp3) is 0.160. The lowest BCUT2D eigenvalue weighted by atomic mass is 10.1. The maximum absolute atomic E-state index is 13.4. The highest BCUT2D eigenvalue weighted by atomic mass is 79.9. The first kappa shape index (κ1) is 25.8. The Labute approximate surface area is 218 Å². The number of nitrogens with zero attached hydrogens (tertiary/aromatic N) is 3. The number of aromatic nitrogens is 3. The molecule has 0 aliphatic carbocycles. The van der Waals surface area contributed by atoms with Gasteiger partial charge in [-0.2, -0.15) is 13.2 Å². The van der Waals surface area contributed by atoms with E-state index < -0.39 is 23.2 Å². The van der Waals surface area contributed by atoms with Crippen LogP contribution in [0.1, 0.15) is 27.3 Å². The zero-order chi connectivity index (χ0) is 25.7. The summed E-state index contributed by atoms with van der Waals surface area (Å²) in [5, 5.41) is 11.6. The maximum atomic E-state index is 13.4. The third-order valence-electron chi connectivity index (χ3n) is 5.19. The molecule has 1 heterocycles. The van der Waals surface area contributed by atoms with Gasteiger partial charge in [-0.25, -0.2) is 0 Å². The minimum absolute atomic E-state index is 0.144. The molecule has 0 saturated carbocycles. The highest BCUT2D eigenvalue weighted by Gasteiger charge is 2.34. The minimum Gasteiger partial charge on any atom is -0.495 e. The number of thioether (sulfide) groups is 1. The van der Waals surface area contributed by atoms with Crippen molar-refractivity contribution in [3.05, 3.63) is 99.8 Å². The first-order valence-corrected chi connectivity index (χ1v) is 12.4. The van der Waals surface area contributed by atoms with Crippen molar-refractivity contribution in [2.75, 3.05) is 7.11 Å². The fourth-order valence-electron chi connectivity index (χ4n) is 3.48. The smallest absolute Gasteiger partial charge is 0.417 e. The number of carbonyl (C=O) groups excluding carboxylic acids is 1. The Hall–Kier alpha value is -3.31. The Morgan fingerprint density at radius 3 is 2.44 bits per heavy atom. The minimum atomic E-state index is -4.65. The summed E-state index contributed by atoms with van der Waals surface area (Å²) in [6.07, 6.45) is -4.65. The second-order valence-electron chi connectivity index (χ2n) is 7.55. The molecule has 1 N–H and O–H groups in total. The lowest BCUT2D eigenvalue weighted by Gasteiger charge is -2.15. The van der Waals surface area contributed by atoms with Crippen molar-refractivity contribution >= 4 is 33.6 Å². The summed E-state index contributed by atoms with van der Waals surface area (Å²) >= 11 is 4.85. The molecule has 0 spiro atoms. The van der Waals surface area contributed by atoms with Crippen LogP contribution in [0.25, 0.3) is 5.69 Å². The van der Waals surface area contributed by atoms with Gasteiger partial charge >= 0.3 is 6.18 Å². The molecule has 4 aromatic rings. The van der Waals surface area contributed by atoms with Crippen LogP contribution in [-0.4, -0.2) is 27.8 Å². The van der Waals surface area contributed by atoms with E-state index in [1.165, 1.54) is 31.0 Å². The number of halogens is 4. The molecule has 4 rings (SSSR count). The van der Waals surface area contributed by atoms with Gasteiger partial charge in [0.05, 0.1) is 30.5 Å². The van der Waals surface area contributed by atoms with Gasteiger partial charge in [-0.05, 0) is 42.0 Å². The van der Waals surface area contributed by atoms with Crippen LogP contribution in [0.5, 0.6) is 5.75 Å². The number of carbonyl (C=O) groups is 1. The van der Waals surface area contributed by atoms with Gasteiger partial charge in [0.15, 0.2) is 11.0 Å². The van der Waals surface area contributed by atoms with Gasteiger partial charge in [0, 0.05) is 10.2 Å². The third kappa shape index (κ3) is 5.90. The quantitative estimate of drug-likeness (QED) is 0.250. The van der Waals surface area contributed by atoms with E-state index in [1.54, 1.807) is 10.6 Å². The van der Waals surface area contributed by atoms with Crippen molar-refractivity contribution in [2.24, 2.45) is 0 Å². The van der Waals surface area contributed by atoms with Crippen molar-refractivity contribution < 1.29 is 22.7 Å². The molecule has 0 aliphatic heterocycles. The molecule has 0 aliphatic rings. The highest BCUT2D eigenvalue weighted by molar-refractivity contribution is 9.10. The lowest BCUT2D eigenvalue weighted by Crippen LogP contribution is -2.27. The molecule has 11 heteroatoms. The second-order valence-corrected chi connectivity index (χ2v) is 9.41. The summed E-state index contributed by atoms with van der Waals surface area (Å²) in [7, 11) is 1.54. The molecular formula is C25H20BrF3N4O2S. The Kier molecular flexibility index (Phi) is 8.00. The van der Waals surface area contributed by atoms with Crippen LogP contribution in [0.3, 0.4) is 0 Å². The molecule has 36 heavy (non-hydrogen) atoms. The number of hydrogen-bond donors (Lipinski definition) is 1. The van der Waals surface area contributed by atoms with Gasteiger partial charge in [-0.15, -0.1) is 10.2 Å². The molecule has 1 aromatic heterocycles. The van der Waals surface area contributed by atoms with Gasteiger partial charge < -0.3 is 10.1 Å². The van der Waals surface area contributed by atoms with Crippen molar-refractivity contribution in [1.29, 1.82) is 0 Å². The average Bonchev–Trinajstić information content (AvgIpc) is 3.28. The number of rotatable bonds is 8. The average molecular weight is 577 g/mol. The standard InChI is InChI=1S/C25H20BrF3N4O2S/c1-35-21-9-5-4-8-20(21)33-22(31-32-24(33)36-15-16-10-12-17(26)13-11-16)14-30-23(34)18-6-2-3-7-19(18)25(27,28)29/h2-13H,14-15H2,1H3,(H,30,34). The first-order chi connectivity index (χ1) is 17.3. The first-order valence-electron chi connectivity index (χ1n) is 10.7. The van der Waals surface area contributed by atoms with Crippen molar-refractivity contribution in [1.82, 2.24) is 20.1 Å². The summed E-state index contributed by atoms with van der Waals surface area (Å²) in [5.74, 6) is 0.640. The molecule has 0 fully saturated rings. The Balaban J connectivity index is 1.62. The third-order valence-corrected chi connectivity index (χ3v) is 6.72. The van der Waals surface area contributed by atoms with E-state index in [4.69, 9.17) is 4.74 Å². The zero-order valence-electron chi connectivity index (χ0n) is 18.9. The number of nitrogens with one attached hydrogen (secondary N) is 1. The summed E-state index contributed by atoms with van der Waals surface area (Å²) < 4.78 is 48.3. The second kappa shape index (κ2) is 11.2. The van der Waals surface area contributed by atoms with E-state index in [1.807, 2.05) is 42.5 Å². The van der Waals surface area contributed by atoms with E-state index in [0.29, 0.717) is 28.2 Å². The Morgan fingerprint density at radius 2 is 1.72 bits per heavy atom. The van der Waals surface area contributed by atoms with E-state index in [9.17, 15) is 18.0 Å². The molecule has 1 amide bonds.